The molecule has 0 saturated carbocycles. The first-order valence-corrected chi connectivity index (χ1v) is 8.02. The van der Waals surface area contributed by atoms with E-state index < -0.39 is 11.8 Å². The Morgan fingerprint density at radius 2 is 1.77 bits per heavy atom. The number of nitrogens with one attached hydrogen (secondary N) is 2. The van der Waals surface area contributed by atoms with Crippen LogP contribution in [0, 0.1) is 0 Å². The number of carbonyl (C=O) groups excluding carboxylic acids is 2. The standard InChI is InChI=1S/C20H15N3O3/c1-26-13-8-6-12(7-9-13)10-22-18-17(19(24)23-20(18)25)15-11-21-16-5-3-2-4-14(15)16/h2-11,21H,1H3,(H,23,24,25). The van der Waals surface area contributed by atoms with Crippen LogP contribution in [0.5, 0.6) is 5.75 Å². The number of H-pyrrole nitrogens is 1. The molecule has 0 bridgehead atoms. The fourth-order valence-corrected chi connectivity index (χ4v) is 2.93. The first-order valence-electron chi connectivity index (χ1n) is 8.02. The lowest BCUT2D eigenvalue weighted by atomic mass is 10.0. The molecular weight excluding hydrogens is 330 g/mol. The van der Waals surface area contributed by atoms with Crippen LogP contribution < -0.4 is 10.1 Å². The zero-order valence-corrected chi connectivity index (χ0v) is 13.9. The van der Waals surface area contributed by atoms with E-state index in [1.54, 1.807) is 31.7 Å². The van der Waals surface area contributed by atoms with Crippen molar-refractivity contribution in [2.45, 2.75) is 0 Å². The average Bonchev–Trinajstić information content (AvgIpc) is 3.20. The normalized spacial score (nSPS) is 14.5. The number of amides is 2. The highest BCUT2D eigenvalue weighted by Crippen LogP contribution is 2.30. The fourth-order valence-electron chi connectivity index (χ4n) is 2.93. The van der Waals surface area contributed by atoms with Crippen LogP contribution in [-0.2, 0) is 9.59 Å². The number of para-hydroxylation sites is 1. The number of hydrogen-bond acceptors (Lipinski definition) is 4. The van der Waals surface area contributed by atoms with Crippen LogP contribution in [0.25, 0.3) is 16.5 Å². The molecule has 2 amide bonds. The summed E-state index contributed by atoms with van der Waals surface area (Å²) in [7, 11) is 1.59. The van der Waals surface area contributed by atoms with Gasteiger partial charge >= 0.3 is 0 Å². The minimum absolute atomic E-state index is 0.107. The summed E-state index contributed by atoms with van der Waals surface area (Å²) in [5.41, 5.74) is 2.72. The molecule has 1 aliphatic rings. The third-order valence-electron chi connectivity index (χ3n) is 4.22. The van der Waals surface area contributed by atoms with Crippen LogP contribution in [-0.4, -0.2) is 30.1 Å². The predicted molar refractivity (Wildman–Crippen MR) is 99.0 cm³/mol. The maximum Gasteiger partial charge on any atom is 0.277 e. The average molecular weight is 345 g/mol. The minimum Gasteiger partial charge on any atom is -0.497 e. The number of aromatic nitrogens is 1. The second-order valence-electron chi connectivity index (χ2n) is 5.79. The van der Waals surface area contributed by atoms with Gasteiger partial charge in [0.2, 0.25) is 0 Å². The van der Waals surface area contributed by atoms with Crippen LogP contribution in [0.2, 0.25) is 0 Å². The van der Waals surface area contributed by atoms with Crippen LogP contribution >= 0.6 is 0 Å². The lowest BCUT2D eigenvalue weighted by Gasteiger charge is -2.00. The van der Waals surface area contributed by atoms with Crippen LogP contribution in [0.15, 0.2) is 65.4 Å². The highest BCUT2D eigenvalue weighted by atomic mass is 16.5. The number of fused-ring (bicyclic) bond motifs is 1. The van der Waals surface area contributed by atoms with E-state index in [9.17, 15) is 9.59 Å². The van der Waals surface area contributed by atoms with Crippen molar-refractivity contribution in [2.75, 3.05) is 7.11 Å². The van der Waals surface area contributed by atoms with Crippen molar-refractivity contribution < 1.29 is 14.3 Å². The summed E-state index contributed by atoms with van der Waals surface area (Å²) in [6.07, 6.45) is 3.28. The lowest BCUT2D eigenvalue weighted by Crippen LogP contribution is -2.22. The quantitative estimate of drug-likeness (QED) is 0.563. The molecule has 0 atom stereocenters. The fraction of sp³-hybridized carbons (Fsp3) is 0.0500. The number of nitrogens with zero attached hydrogens (tertiary/aromatic N) is 1. The number of aliphatic imine (C=N–C) groups is 1. The van der Waals surface area contributed by atoms with Gasteiger partial charge in [-0.1, -0.05) is 18.2 Å². The largest absolute Gasteiger partial charge is 0.497 e. The van der Waals surface area contributed by atoms with E-state index >= 15 is 0 Å². The van der Waals surface area contributed by atoms with E-state index in [-0.39, 0.29) is 11.3 Å². The number of benzene rings is 2. The number of rotatable bonds is 4. The Morgan fingerprint density at radius 3 is 2.54 bits per heavy atom. The van der Waals surface area contributed by atoms with E-state index in [0.717, 1.165) is 22.2 Å². The number of ether oxygens (including phenoxy) is 1. The van der Waals surface area contributed by atoms with E-state index in [0.29, 0.717) is 5.56 Å². The second kappa shape index (κ2) is 6.33. The minimum atomic E-state index is -0.500. The summed E-state index contributed by atoms with van der Waals surface area (Å²) in [6, 6.07) is 14.8. The molecule has 26 heavy (non-hydrogen) atoms. The molecule has 0 radical (unpaired) electrons. The van der Waals surface area contributed by atoms with Gasteiger partial charge in [-0.25, -0.2) is 4.99 Å². The topological polar surface area (TPSA) is 83.5 Å². The summed E-state index contributed by atoms with van der Waals surface area (Å²) in [5.74, 6) is -0.212. The van der Waals surface area contributed by atoms with Gasteiger partial charge in [-0.05, 0) is 35.9 Å². The highest BCUT2D eigenvalue weighted by molar-refractivity contribution is 6.37. The number of hydrogen-bond donors (Lipinski definition) is 2. The zero-order chi connectivity index (χ0) is 18.1. The molecule has 1 aromatic heterocycles. The summed E-state index contributed by atoms with van der Waals surface area (Å²) in [4.78, 5) is 32.0. The van der Waals surface area contributed by atoms with Gasteiger partial charge in [0, 0.05) is 28.9 Å². The molecule has 1 aliphatic heterocycles. The van der Waals surface area contributed by atoms with E-state index in [2.05, 4.69) is 15.3 Å². The summed E-state index contributed by atoms with van der Waals surface area (Å²) >= 11 is 0. The van der Waals surface area contributed by atoms with Crippen molar-refractivity contribution in [2.24, 2.45) is 4.99 Å². The van der Waals surface area contributed by atoms with E-state index in [4.69, 9.17) is 4.74 Å². The molecule has 6 nitrogen and oxygen atoms in total. The third kappa shape index (κ3) is 2.67. The second-order valence-corrected chi connectivity index (χ2v) is 5.79. The van der Waals surface area contributed by atoms with Crippen molar-refractivity contribution in [1.82, 2.24) is 10.3 Å². The monoisotopic (exact) mass is 345 g/mol. The molecule has 128 valence electrons. The van der Waals surface area contributed by atoms with Gasteiger partial charge in [0.15, 0.2) is 0 Å². The van der Waals surface area contributed by atoms with Gasteiger partial charge in [-0.3, -0.25) is 14.9 Å². The molecule has 3 aromatic rings. The third-order valence-corrected chi connectivity index (χ3v) is 4.22. The van der Waals surface area contributed by atoms with Crippen molar-refractivity contribution in [3.05, 3.63) is 71.6 Å². The summed E-state index contributed by atoms with van der Waals surface area (Å²) in [6.45, 7) is 0. The van der Waals surface area contributed by atoms with Crippen molar-refractivity contribution in [3.8, 4) is 5.75 Å². The Bertz CT molecular complexity index is 1080. The Kier molecular flexibility index (Phi) is 3.85. The highest BCUT2D eigenvalue weighted by Gasteiger charge is 2.32. The van der Waals surface area contributed by atoms with Gasteiger partial charge < -0.3 is 9.72 Å². The number of methoxy groups -OCH3 is 1. The SMILES string of the molecule is COc1ccc(C=NC2=C(c3c[nH]c4ccccc34)C(=O)NC2=O)cc1. The van der Waals surface area contributed by atoms with Gasteiger partial charge in [-0.15, -0.1) is 0 Å². The van der Waals surface area contributed by atoms with Crippen LogP contribution in [0.3, 0.4) is 0 Å². The Morgan fingerprint density at radius 1 is 1.00 bits per heavy atom. The van der Waals surface area contributed by atoms with Crippen molar-refractivity contribution >= 4 is 34.5 Å². The molecule has 0 saturated heterocycles. The maximum absolute atomic E-state index is 12.3. The molecule has 2 N–H and O–H groups in total. The first-order chi connectivity index (χ1) is 12.7. The van der Waals surface area contributed by atoms with Gasteiger partial charge in [-0.2, -0.15) is 0 Å². The molecule has 6 heteroatoms. The van der Waals surface area contributed by atoms with E-state index in [1.165, 1.54) is 0 Å². The molecule has 0 fully saturated rings. The van der Waals surface area contributed by atoms with Crippen molar-refractivity contribution in [1.29, 1.82) is 0 Å². The number of aromatic amines is 1. The molecule has 4 rings (SSSR count). The molecule has 2 aromatic carbocycles. The van der Waals surface area contributed by atoms with Crippen molar-refractivity contribution in [3.63, 3.8) is 0 Å². The molecule has 0 spiro atoms. The van der Waals surface area contributed by atoms with Crippen LogP contribution in [0.1, 0.15) is 11.1 Å². The summed E-state index contributed by atoms with van der Waals surface area (Å²) < 4.78 is 5.12. The number of imide groups is 1. The van der Waals surface area contributed by atoms with Crippen LogP contribution in [0.4, 0.5) is 0 Å². The molecule has 0 unspecified atom stereocenters. The Hall–Kier alpha value is -3.67. The van der Waals surface area contributed by atoms with E-state index in [1.807, 2.05) is 36.4 Å². The molecule has 2 heterocycles. The number of carbonyl (C=O) groups is 2. The lowest BCUT2D eigenvalue weighted by molar-refractivity contribution is -0.123. The Labute approximate surface area is 149 Å². The molecule has 0 aliphatic carbocycles. The molecular formula is C20H15N3O3. The van der Waals surface area contributed by atoms with Gasteiger partial charge in [0.25, 0.3) is 11.8 Å². The Balaban J connectivity index is 1.78. The van der Waals surface area contributed by atoms with Gasteiger partial charge in [0.1, 0.15) is 11.4 Å². The smallest absolute Gasteiger partial charge is 0.277 e. The summed E-state index contributed by atoms with van der Waals surface area (Å²) in [5, 5.41) is 3.19. The maximum atomic E-state index is 12.3. The predicted octanol–water partition coefficient (Wildman–Crippen LogP) is 2.66. The first kappa shape index (κ1) is 15.8. The van der Waals surface area contributed by atoms with Gasteiger partial charge in [0.05, 0.1) is 12.7 Å². The zero-order valence-electron chi connectivity index (χ0n) is 13.9.